The third kappa shape index (κ3) is 3.95. The summed E-state index contributed by atoms with van der Waals surface area (Å²) in [6, 6.07) is 9.26. The predicted molar refractivity (Wildman–Crippen MR) is 80.1 cm³/mol. The number of rotatable bonds is 3. The summed E-state index contributed by atoms with van der Waals surface area (Å²) in [6.45, 7) is 2.77. The first kappa shape index (κ1) is 16.5. The molecule has 0 unspecified atom stereocenters. The van der Waals surface area contributed by atoms with Gasteiger partial charge in [0.05, 0.1) is 6.54 Å². The summed E-state index contributed by atoms with van der Waals surface area (Å²) >= 11 is 0. The SMILES string of the molecule is CNCC(=O)N1CCN(C(=O)c2ccccc2)CC1.Cl. The molecule has 0 atom stereocenters. The van der Waals surface area contributed by atoms with Crippen LogP contribution >= 0.6 is 12.4 Å². The first-order valence-electron chi connectivity index (χ1n) is 6.49. The van der Waals surface area contributed by atoms with Gasteiger partial charge in [0.25, 0.3) is 5.91 Å². The Bertz CT molecular complexity index is 445. The van der Waals surface area contributed by atoms with Gasteiger partial charge in [-0.3, -0.25) is 9.59 Å². The van der Waals surface area contributed by atoms with Crippen LogP contribution in [0.4, 0.5) is 0 Å². The number of likely N-dealkylation sites (N-methyl/N-ethyl adjacent to an activating group) is 1. The maximum Gasteiger partial charge on any atom is 0.253 e. The zero-order chi connectivity index (χ0) is 13.7. The summed E-state index contributed by atoms with van der Waals surface area (Å²) < 4.78 is 0. The molecular formula is C14H20ClN3O2. The summed E-state index contributed by atoms with van der Waals surface area (Å²) in [5.74, 6) is 0.135. The second-order valence-corrected chi connectivity index (χ2v) is 4.57. The molecule has 2 amide bonds. The van der Waals surface area contributed by atoms with Gasteiger partial charge in [0.1, 0.15) is 0 Å². The maximum absolute atomic E-state index is 12.2. The summed E-state index contributed by atoms with van der Waals surface area (Å²) in [5, 5.41) is 2.85. The quantitative estimate of drug-likeness (QED) is 0.889. The molecule has 0 saturated carbocycles. The molecule has 0 bridgehead atoms. The van der Waals surface area contributed by atoms with Crippen molar-refractivity contribution in [1.29, 1.82) is 0 Å². The highest BCUT2D eigenvalue weighted by atomic mass is 35.5. The molecule has 1 aliphatic heterocycles. The molecule has 1 heterocycles. The number of hydrogen-bond donors (Lipinski definition) is 1. The third-order valence-corrected chi connectivity index (χ3v) is 3.27. The summed E-state index contributed by atoms with van der Waals surface area (Å²) in [7, 11) is 1.76. The Labute approximate surface area is 125 Å². The molecule has 110 valence electrons. The minimum Gasteiger partial charge on any atom is -0.338 e. The second-order valence-electron chi connectivity index (χ2n) is 4.57. The van der Waals surface area contributed by atoms with E-state index in [1.807, 2.05) is 30.3 Å². The van der Waals surface area contributed by atoms with E-state index in [0.717, 1.165) is 0 Å². The fourth-order valence-electron chi connectivity index (χ4n) is 2.19. The van der Waals surface area contributed by atoms with Crippen molar-refractivity contribution in [1.82, 2.24) is 15.1 Å². The molecule has 0 spiro atoms. The van der Waals surface area contributed by atoms with Crippen molar-refractivity contribution in [3.05, 3.63) is 35.9 Å². The summed E-state index contributed by atoms with van der Waals surface area (Å²) in [5.41, 5.74) is 0.706. The van der Waals surface area contributed by atoms with Gasteiger partial charge in [0, 0.05) is 31.7 Å². The smallest absolute Gasteiger partial charge is 0.253 e. The van der Waals surface area contributed by atoms with Gasteiger partial charge < -0.3 is 15.1 Å². The number of nitrogens with one attached hydrogen (secondary N) is 1. The first-order valence-corrected chi connectivity index (χ1v) is 6.49. The van der Waals surface area contributed by atoms with Crippen molar-refractivity contribution in [2.75, 3.05) is 39.8 Å². The van der Waals surface area contributed by atoms with Crippen LogP contribution in [-0.2, 0) is 4.79 Å². The minimum atomic E-state index is 0. The van der Waals surface area contributed by atoms with Crippen LogP contribution in [0.2, 0.25) is 0 Å². The van der Waals surface area contributed by atoms with Crippen LogP contribution in [0.15, 0.2) is 30.3 Å². The Morgan fingerprint density at radius 2 is 1.60 bits per heavy atom. The number of carbonyl (C=O) groups is 2. The predicted octanol–water partition coefficient (Wildman–Crippen LogP) is 0.612. The van der Waals surface area contributed by atoms with Crippen molar-refractivity contribution in [2.24, 2.45) is 0 Å². The Kier molecular flexibility index (Phi) is 6.48. The molecule has 0 aromatic heterocycles. The van der Waals surface area contributed by atoms with Crippen LogP contribution in [0.1, 0.15) is 10.4 Å². The fraction of sp³-hybridized carbons (Fsp3) is 0.429. The molecule has 1 aliphatic rings. The highest BCUT2D eigenvalue weighted by Gasteiger charge is 2.24. The number of hydrogen-bond acceptors (Lipinski definition) is 3. The average molecular weight is 298 g/mol. The van der Waals surface area contributed by atoms with E-state index in [-0.39, 0.29) is 24.2 Å². The number of carbonyl (C=O) groups excluding carboxylic acids is 2. The maximum atomic E-state index is 12.2. The van der Waals surface area contributed by atoms with Crippen LogP contribution in [-0.4, -0.2) is 61.4 Å². The van der Waals surface area contributed by atoms with Crippen molar-refractivity contribution >= 4 is 24.2 Å². The molecule has 0 aliphatic carbocycles. The third-order valence-electron chi connectivity index (χ3n) is 3.27. The monoisotopic (exact) mass is 297 g/mol. The first-order chi connectivity index (χ1) is 9.22. The van der Waals surface area contributed by atoms with Crippen LogP contribution in [0, 0.1) is 0 Å². The van der Waals surface area contributed by atoms with Gasteiger partial charge in [-0.2, -0.15) is 0 Å². The molecule has 1 aromatic carbocycles. The highest BCUT2D eigenvalue weighted by Crippen LogP contribution is 2.08. The van der Waals surface area contributed by atoms with E-state index >= 15 is 0 Å². The van der Waals surface area contributed by atoms with Gasteiger partial charge in [0.2, 0.25) is 5.91 Å². The normalized spacial score (nSPS) is 14.7. The molecule has 1 fully saturated rings. The minimum absolute atomic E-state index is 0. The van der Waals surface area contributed by atoms with E-state index in [2.05, 4.69) is 5.32 Å². The van der Waals surface area contributed by atoms with Crippen molar-refractivity contribution in [3.8, 4) is 0 Å². The molecule has 1 aromatic rings. The molecule has 2 rings (SSSR count). The fourth-order valence-corrected chi connectivity index (χ4v) is 2.19. The van der Waals surface area contributed by atoms with E-state index in [4.69, 9.17) is 0 Å². The topological polar surface area (TPSA) is 52.7 Å². The molecule has 1 N–H and O–H groups in total. The zero-order valence-corrected chi connectivity index (χ0v) is 12.4. The van der Waals surface area contributed by atoms with E-state index in [1.165, 1.54) is 0 Å². The largest absolute Gasteiger partial charge is 0.338 e. The Hall–Kier alpha value is -1.59. The van der Waals surface area contributed by atoms with Crippen LogP contribution in [0.3, 0.4) is 0 Å². The van der Waals surface area contributed by atoms with E-state index in [1.54, 1.807) is 16.8 Å². The standard InChI is InChI=1S/C14H19N3O2.ClH/c1-15-11-13(18)16-7-9-17(10-8-16)14(19)12-5-3-2-4-6-12;/h2-6,15H,7-11H2,1H3;1H. The second kappa shape index (κ2) is 7.87. The number of piperazine rings is 1. The van der Waals surface area contributed by atoms with Gasteiger partial charge in [-0.05, 0) is 19.2 Å². The van der Waals surface area contributed by atoms with Gasteiger partial charge in [0.15, 0.2) is 0 Å². The van der Waals surface area contributed by atoms with Gasteiger partial charge in [-0.15, -0.1) is 12.4 Å². The zero-order valence-electron chi connectivity index (χ0n) is 11.5. The van der Waals surface area contributed by atoms with E-state index in [0.29, 0.717) is 38.3 Å². The van der Waals surface area contributed by atoms with Crippen LogP contribution in [0.5, 0.6) is 0 Å². The number of benzene rings is 1. The molecule has 6 heteroatoms. The number of nitrogens with zero attached hydrogens (tertiary/aromatic N) is 2. The van der Waals surface area contributed by atoms with Gasteiger partial charge >= 0.3 is 0 Å². The lowest BCUT2D eigenvalue weighted by Crippen LogP contribution is -2.52. The lowest BCUT2D eigenvalue weighted by atomic mass is 10.2. The molecule has 1 saturated heterocycles. The van der Waals surface area contributed by atoms with Crippen LogP contribution in [0.25, 0.3) is 0 Å². The Morgan fingerprint density at radius 3 is 2.15 bits per heavy atom. The number of halogens is 1. The molecular weight excluding hydrogens is 278 g/mol. The molecule has 5 nitrogen and oxygen atoms in total. The average Bonchev–Trinajstić information content (AvgIpc) is 2.48. The van der Waals surface area contributed by atoms with Gasteiger partial charge in [-0.1, -0.05) is 18.2 Å². The van der Waals surface area contributed by atoms with Crippen molar-refractivity contribution < 1.29 is 9.59 Å². The summed E-state index contributed by atoms with van der Waals surface area (Å²) in [6.07, 6.45) is 0. The Balaban J connectivity index is 0.00000200. The number of amides is 2. The van der Waals surface area contributed by atoms with E-state index < -0.39 is 0 Å². The highest BCUT2D eigenvalue weighted by molar-refractivity contribution is 5.94. The lowest BCUT2D eigenvalue weighted by Gasteiger charge is -2.34. The van der Waals surface area contributed by atoms with E-state index in [9.17, 15) is 9.59 Å². The van der Waals surface area contributed by atoms with Crippen molar-refractivity contribution in [2.45, 2.75) is 0 Å². The van der Waals surface area contributed by atoms with Gasteiger partial charge in [-0.25, -0.2) is 0 Å². The van der Waals surface area contributed by atoms with Crippen LogP contribution < -0.4 is 5.32 Å². The molecule has 0 radical (unpaired) electrons. The summed E-state index contributed by atoms with van der Waals surface area (Å²) in [4.78, 5) is 27.5. The lowest BCUT2D eigenvalue weighted by molar-refractivity contribution is -0.131. The van der Waals surface area contributed by atoms with Crippen molar-refractivity contribution in [3.63, 3.8) is 0 Å². The molecule has 20 heavy (non-hydrogen) atoms. The Morgan fingerprint density at radius 1 is 1.05 bits per heavy atom.